The van der Waals surface area contributed by atoms with E-state index in [0.717, 1.165) is 0 Å². The van der Waals surface area contributed by atoms with Gasteiger partial charge >= 0.3 is 0 Å². The first-order chi connectivity index (χ1) is 8.12. The van der Waals surface area contributed by atoms with Crippen LogP contribution in [0.25, 0.3) is 0 Å². The average Bonchev–Trinajstić information content (AvgIpc) is 2.19. The standard InChI is InChI=1S/C13H22ClN3O/c1-12(2,3)17-6-5-13(4,18)10-7-9(14)8-16-11(10)15/h7-8,17-18H,5-6H2,1-4H3,(H2,15,16). The second kappa shape index (κ2) is 5.43. The molecule has 4 nitrogen and oxygen atoms in total. The number of nitrogen functional groups attached to an aromatic ring is 1. The maximum absolute atomic E-state index is 10.5. The molecular formula is C13H22ClN3O. The Balaban J connectivity index is 2.76. The molecule has 0 saturated carbocycles. The summed E-state index contributed by atoms with van der Waals surface area (Å²) < 4.78 is 0. The number of nitrogens with two attached hydrogens (primary N) is 1. The number of aliphatic hydroxyl groups is 1. The van der Waals surface area contributed by atoms with E-state index in [9.17, 15) is 5.11 Å². The lowest BCUT2D eigenvalue weighted by molar-refractivity contribution is 0.0469. The predicted octanol–water partition coefficient (Wildman–Crippen LogP) is 2.30. The highest BCUT2D eigenvalue weighted by Gasteiger charge is 2.26. The van der Waals surface area contributed by atoms with E-state index in [2.05, 4.69) is 31.1 Å². The van der Waals surface area contributed by atoms with Gasteiger partial charge in [-0.1, -0.05) is 11.6 Å². The van der Waals surface area contributed by atoms with Gasteiger partial charge in [0.1, 0.15) is 5.82 Å². The van der Waals surface area contributed by atoms with Crippen molar-refractivity contribution in [1.29, 1.82) is 0 Å². The van der Waals surface area contributed by atoms with Crippen molar-refractivity contribution in [3.8, 4) is 0 Å². The molecule has 1 rings (SSSR count). The maximum Gasteiger partial charge on any atom is 0.129 e. The number of hydrogen-bond acceptors (Lipinski definition) is 4. The Labute approximate surface area is 114 Å². The fourth-order valence-corrected chi connectivity index (χ4v) is 1.85. The van der Waals surface area contributed by atoms with Crippen LogP contribution in [0, 0.1) is 0 Å². The Hall–Kier alpha value is -0.840. The van der Waals surface area contributed by atoms with Crippen molar-refractivity contribution < 1.29 is 5.11 Å². The van der Waals surface area contributed by atoms with Gasteiger partial charge in [-0.2, -0.15) is 0 Å². The van der Waals surface area contributed by atoms with Crippen molar-refractivity contribution in [3.63, 3.8) is 0 Å². The quantitative estimate of drug-likeness (QED) is 0.786. The summed E-state index contributed by atoms with van der Waals surface area (Å²) in [5.41, 5.74) is 5.34. The van der Waals surface area contributed by atoms with Crippen LogP contribution in [0.15, 0.2) is 12.3 Å². The highest BCUT2D eigenvalue weighted by molar-refractivity contribution is 6.30. The van der Waals surface area contributed by atoms with E-state index in [1.807, 2.05) is 0 Å². The van der Waals surface area contributed by atoms with E-state index in [-0.39, 0.29) is 5.54 Å². The van der Waals surface area contributed by atoms with E-state index < -0.39 is 5.60 Å². The molecule has 1 heterocycles. The zero-order valence-electron chi connectivity index (χ0n) is 11.4. The van der Waals surface area contributed by atoms with Gasteiger partial charge in [0.05, 0.1) is 10.6 Å². The first kappa shape index (κ1) is 15.2. The summed E-state index contributed by atoms with van der Waals surface area (Å²) in [6.07, 6.45) is 2.01. The summed E-state index contributed by atoms with van der Waals surface area (Å²) in [7, 11) is 0. The largest absolute Gasteiger partial charge is 0.385 e. The summed E-state index contributed by atoms with van der Waals surface area (Å²) >= 11 is 5.88. The summed E-state index contributed by atoms with van der Waals surface area (Å²) in [5.74, 6) is 0.320. The number of hydrogen-bond donors (Lipinski definition) is 3. The van der Waals surface area contributed by atoms with Crippen molar-refractivity contribution in [3.05, 3.63) is 22.8 Å². The third kappa shape index (κ3) is 4.44. The molecule has 1 atom stereocenters. The van der Waals surface area contributed by atoms with Crippen LogP contribution in [0.3, 0.4) is 0 Å². The monoisotopic (exact) mass is 271 g/mol. The summed E-state index contributed by atoms with van der Waals surface area (Å²) in [6.45, 7) is 8.65. The minimum atomic E-state index is -1.04. The number of nitrogens with zero attached hydrogens (tertiary/aromatic N) is 1. The van der Waals surface area contributed by atoms with Gasteiger partial charge in [-0.05, 0) is 46.7 Å². The predicted molar refractivity (Wildman–Crippen MR) is 75.6 cm³/mol. The first-order valence-electron chi connectivity index (χ1n) is 6.01. The molecule has 4 N–H and O–H groups in total. The molecule has 5 heteroatoms. The molecule has 1 aromatic heterocycles. The Bertz CT molecular complexity index is 413. The molecule has 0 aliphatic rings. The molecule has 0 aliphatic heterocycles. The van der Waals surface area contributed by atoms with Crippen LogP contribution in [-0.4, -0.2) is 22.2 Å². The van der Waals surface area contributed by atoms with Crippen LogP contribution < -0.4 is 11.1 Å². The van der Waals surface area contributed by atoms with E-state index in [4.69, 9.17) is 17.3 Å². The Morgan fingerprint density at radius 1 is 1.39 bits per heavy atom. The number of anilines is 1. The van der Waals surface area contributed by atoms with Crippen molar-refractivity contribution in [2.24, 2.45) is 0 Å². The molecule has 0 saturated heterocycles. The molecule has 0 radical (unpaired) electrons. The highest BCUT2D eigenvalue weighted by Crippen LogP contribution is 2.29. The lowest BCUT2D eigenvalue weighted by Crippen LogP contribution is -2.39. The van der Waals surface area contributed by atoms with E-state index in [1.165, 1.54) is 6.20 Å². The average molecular weight is 272 g/mol. The minimum absolute atomic E-state index is 0.0220. The maximum atomic E-state index is 10.5. The highest BCUT2D eigenvalue weighted by atomic mass is 35.5. The molecule has 18 heavy (non-hydrogen) atoms. The molecule has 0 fully saturated rings. The van der Waals surface area contributed by atoms with Gasteiger partial charge in [0, 0.05) is 17.3 Å². The molecular weight excluding hydrogens is 250 g/mol. The molecule has 0 bridgehead atoms. The van der Waals surface area contributed by atoms with Gasteiger partial charge in [-0.15, -0.1) is 0 Å². The van der Waals surface area contributed by atoms with Crippen LogP contribution in [0.1, 0.15) is 39.7 Å². The summed E-state index contributed by atoms with van der Waals surface area (Å²) in [5, 5.41) is 14.3. The Morgan fingerprint density at radius 2 is 2.00 bits per heavy atom. The smallest absolute Gasteiger partial charge is 0.129 e. The van der Waals surface area contributed by atoms with Crippen LogP contribution in [0.2, 0.25) is 5.02 Å². The normalized spacial score (nSPS) is 15.4. The van der Waals surface area contributed by atoms with Crippen LogP contribution in [0.5, 0.6) is 0 Å². The van der Waals surface area contributed by atoms with Crippen molar-refractivity contribution in [2.45, 2.75) is 45.3 Å². The fraction of sp³-hybridized carbons (Fsp3) is 0.615. The fourth-order valence-electron chi connectivity index (χ4n) is 1.70. The minimum Gasteiger partial charge on any atom is -0.385 e. The van der Waals surface area contributed by atoms with Crippen molar-refractivity contribution in [1.82, 2.24) is 10.3 Å². The zero-order valence-corrected chi connectivity index (χ0v) is 12.2. The molecule has 0 aromatic carbocycles. The number of aromatic nitrogens is 1. The van der Waals surface area contributed by atoms with Crippen LogP contribution in [0.4, 0.5) is 5.82 Å². The van der Waals surface area contributed by atoms with Gasteiger partial charge in [0.25, 0.3) is 0 Å². The van der Waals surface area contributed by atoms with Gasteiger partial charge < -0.3 is 16.2 Å². The third-order valence-corrected chi connectivity index (χ3v) is 2.94. The topological polar surface area (TPSA) is 71.2 Å². The van der Waals surface area contributed by atoms with E-state index in [1.54, 1.807) is 13.0 Å². The lowest BCUT2D eigenvalue weighted by Gasteiger charge is -2.28. The van der Waals surface area contributed by atoms with Gasteiger partial charge in [0.2, 0.25) is 0 Å². The van der Waals surface area contributed by atoms with Gasteiger partial charge in [0.15, 0.2) is 0 Å². The van der Waals surface area contributed by atoms with Crippen molar-refractivity contribution in [2.75, 3.05) is 12.3 Å². The van der Waals surface area contributed by atoms with Gasteiger partial charge in [-0.3, -0.25) is 0 Å². The number of nitrogens with one attached hydrogen (secondary N) is 1. The summed E-state index contributed by atoms with van der Waals surface area (Å²) in [6, 6.07) is 1.67. The molecule has 0 aliphatic carbocycles. The molecule has 1 unspecified atom stereocenters. The molecule has 0 spiro atoms. The van der Waals surface area contributed by atoms with Gasteiger partial charge in [-0.25, -0.2) is 4.98 Å². The van der Waals surface area contributed by atoms with E-state index >= 15 is 0 Å². The zero-order chi connectivity index (χ0) is 14.0. The van der Waals surface area contributed by atoms with Crippen molar-refractivity contribution >= 4 is 17.4 Å². The Morgan fingerprint density at radius 3 is 2.56 bits per heavy atom. The van der Waals surface area contributed by atoms with Crippen LogP contribution in [-0.2, 0) is 5.60 Å². The number of pyridine rings is 1. The molecule has 1 aromatic rings. The second-order valence-electron chi connectivity index (χ2n) is 5.79. The molecule has 102 valence electrons. The summed E-state index contributed by atoms with van der Waals surface area (Å²) in [4.78, 5) is 3.97. The lowest BCUT2D eigenvalue weighted by atomic mass is 9.92. The van der Waals surface area contributed by atoms with Crippen LogP contribution >= 0.6 is 11.6 Å². The Kier molecular flexibility index (Phi) is 4.59. The molecule has 0 amide bonds. The van der Waals surface area contributed by atoms with E-state index in [0.29, 0.717) is 29.4 Å². The number of halogens is 1. The third-order valence-electron chi connectivity index (χ3n) is 2.73. The SMILES string of the molecule is CC(C)(C)NCCC(C)(O)c1cc(Cl)cnc1N. The first-order valence-corrected chi connectivity index (χ1v) is 6.38. The second-order valence-corrected chi connectivity index (χ2v) is 6.22. The number of rotatable bonds is 4.